The molecule has 0 radical (unpaired) electrons. The Morgan fingerprint density at radius 1 is 1.25 bits per heavy atom. The van der Waals surface area contributed by atoms with Crippen LogP contribution in [0.1, 0.15) is 33.1 Å². The number of carbonyl (C=O) groups is 1. The molecular weight excluding hydrogens is 419 g/mol. The minimum Gasteiger partial charge on any atom is -0.466 e. The van der Waals surface area contributed by atoms with E-state index in [2.05, 4.69) is 27.0 Å². The molecule has 2 saturated heterocycles. The van der Waals surface area contributed by atoms with E-state index < -0.39 is 0 Å². The molecule has 140 valence electrons. The highest BCUT2D eigenvalue weighted by molar-refractivity contribution is 14.0. The van der Waals surface area contributed by atoms with Crippen molar-refractivity contribution in [1.82, 2.24) is 15.1 Å². The lowest BCUT2D eigenvalue weighted by atomic mass is 9.98. The van der Waals surface area contributed by atoms with Gasteiger partial charge in [-0.1, -0.05) is 6.92 Å². The van der Waals surface area contributed by atoms with E-state index in [1.165, 1.54) is 19.5 Å². The van der Waals surface area contributed by atoms with Crippen molar-refractivity contribution < 1.29 is 9.53 Å². The molecule has 2 fully saturated rings. The van der Waals surface area contributed by atoms with E-state index in [4.69, 9.17) is 4.74 Å². The Labute approximate surface area is 163 Å². The van der Waals surface area contributed by atoms with Crippen molar-refractivity contribution >= 4 is 35.9 Å². The molecule has 0 aromatic heterocycles. The molecule has 0 amide bonds. The lowest BCUT2D eigenvalue weighted by molar-refractivity contribution is -0.149. The van der Waals surface area contributed by atoms with Crippen LogP contribution in [0.3, 0.4) is 0 Å². The van der Waals surface area contributed by atoms with Gasteiger partial charge in [-0.3, -0.25) is 9.79 Å². The highest BCUT2D eigenvalue weighted by atomic mass is 127. The molecule has 0 saturated carbocycles. The van der Waals surface area contributed by atoms with E-state index in [0.29, 0.717) is 19.1 Å². The molecule has 2 aliphatic rings. The van der Waals surface area contributed by atoms with Crippen LogP contribution in [0.25, 0.3) is 0 Å². The van der Waals surface area contributed by atoms with Gasteiger partial charge in [0, 0.05) is 33.2 Å². The first-order valence-electron chi connectivity index (χ1n) is 9.02. The van der Waals surface area contributed by atoms with Crippen molar-refractivity contribution in [3.05, 3.63) is 0 Å². The quantitative estimate of drug-likeness (QED) is 0.299. The molecule has 2 atom stereocenters. The highest BCUT2D eigenvalue weighted by Gasteiger charge is 2.29. The van der Waals surface area contributed by atoms with Crippen LogP contribution >= 0.6 is 24.0 Å². The van der Waals surface area contributed by atoms with E-state index in [1.807, 2.05) is 14.0 Å². The Morgan fingerprint density at radius 3 is 2.67 bits per heavy atom. The monoisotopic (exact) mass is 452 g/mol. The fourth-order valence-corrected chi connectivity index (χ4v) is 3.56. The number of hydrogen-bond acceptors (Lipinski definition) is 4. The van der Waals surface area contributed by atoms with Crippen molar-refractivity contribution in [2.75, 3.05) is 52.9 Å². The third-order valence-electron chi connectivity index (χ3n) is 4.92. The van der Waals surface area contributed by atoms with Crippen molar-refractivity contribution in [3.63, 3.8) is 0 Å². The molecule has 0 spiro atoms. The Bertz CT molecular complexity index is 419. The van der Waals surface area contributed by atoms with E-state index in [9.17, 15) is 4.79 Å². The summed E-state index contributed by atoms with van der Waals surface area (Å²) in [6, 6.07) is 0. The second kappa shape index (κ2) is 11.1. The summed E-state index contributed by atoms with van der Waals surface area (Å²) in [6.45, 7) is 10.7. The van der Waals surface area contributed by atoms with E-state index in [0.717, 1.165) is 38.4 Å². The maximum absolute atomic E-state index is 12.0. The second-order valence-electron chi connectivity index (χ2n) is 6.51. The van der Waals surface area contributed by atoms with Crippen LogP contribution < -0.4 is 5.32 Å². The molecular formula is C17H33IN4O2. The standard InChI is InChI=1S/C17H32N4O2.HI/c1-4-20-10-8-14(12-20)11-19-17(18-3)21-9-6-7-15(13-21)16(22)23-5-2;/h14-15H,4-13H2,1-3H3,(H,18,19);1H. The highest BCUT2D eigenvalue weighted by Crippen LogP contribution is 2.19. The zero-order valence-corrected chi connectivity index (χ0v) is 17.6. The van der Waals surface area contributed by atoms with Crippen molar-refractivity contribution in [2.24, 2.45) is 16.8 Å². The molecule has 2 unspecified atom stereocenters. The molecule has 7 heteroatoms. The second-order valence-corrected chi connectivity index (χ2v) is 6.51. The number of ether oxygens (including phenoxy) is 1. The summed E-state index contributed by atoms with van der Waals surface area (Å²) in [5, 5.41) is 3.51. The van der Waals surface area contributed by atoms with Crippen LogP contribution in [0.2, 0.25) is 0 Å². The van der Waals surface area contributed by atoms with Crippen LogP contribution in [0.5, 0.6) is 0 Å². The van der Waals surface area contributed by atoms with Gasteiger partial charge in [0.2, 0.25) is 0 Å². The van der Waals surface area contributed by atoms with Gasteiger partial charge in [0.25, 0.3) is 0 Å². The fourth-order valence-electron chi connectivity index (χ4n) is 3.56. The number of aliphatic imine (C=N–C) groups is 1. The predicted molar refractivity (Wildman–Crippen MR) is 108 cm³/mol. The lowest BCUT2D eigenvalue weighted by Gasteiger charge is -2.34. The maximum Gasteiger partial charge on any atom is 0.310 e. The minimum atomic E-state index is -0.0676. The maximum atomic E-state index is 12.0. The first kappa shape index (κ1) is 21.5. The van der Waals surface area contributed by atoms with Gasteiger partial charge in [0.15, 0.2) is 5.96 Å². The molecule has 0 aliphatic carbocycles. The SMILES string of the molecule is CCOC(=O)C1CCCN(C(=NC)NCC2CCN(CC)C2)C1.I. The van der Waals surface area contributed by atoms with Gasteiger partial charge < -0.3 is 19.9 Å². The molecule has 2 rings (SSSR count). The van der Waals surface area contributed by atoms with Crippen LogP contribution in [0, 0.1) is 11.8 Å². The summed E-state index contributed by atoms with van der Waals surface area (Å²) in [4.78, 5) is 21.1. The number of hydrogen-bond donors (Lipinski definition) is 1. The fraction of sp³-hybridized carbons (Fsp3) is 0.882. The summed E-state index contributed by atoms with van der Waals surface area (Å²) in [5.74, 6) is 1.53. The third-order valence-corrected chi connectivity index (χ3v) is 4.92. The molecule has 2 aliphatic heterocycles. The van der Waals surface area contributed by atoms with E-state index >= 15 is 0 Å². The van der Waals surface area contributed by atoms with Crippen LogP contribution in [-0.2, 0) is 9.53 Å². The number of likely N-dealkylation sites (tertiary alicyclic amines) is 2. The summed E-state index contributed by atoms with van der Waals surface area (Å²) in [7, 11) is 1.82. The first-order valence-corrected chi connectivity index (χ1v) is 9.02. The molecule has 6 nitrogen and oxygen atoms in total. The summed E-state index contributed by atoms with van der Waals surface area (Å²) < 4.78 is 5.18. The zero-order valence-electron chi connectivity index (χ0n) is 15.3. The van der Waals surface area contributed by atoms with Gasteiger partial charge >= 0.3 is 5.97 Å². The Morgan fingerprint density at radius 2 is 2.04 bits per heavy atom. The lowest BCUT2D eigenvalue weighted by Crippen LogP contribution is -2.49. The van der Waals surface area contributed by atoms with Gasteiger partial charge in [-0.05, 0) is 45.2 Å². The van der Waals surface area contributed by atoms with Gasteiger partial charge in [0.1, 0.15) is 0 Å². The number of halogens is 1. The molecule has 24 heavy (non-hydrogen) atoms. The van der Waals surface area contributed by atoms with Crippen LogP contribution in [0.4, 0.5) is 0 Å². The third kappa shape index (κ3) is 6.06. The largest absolute Gasteiger partial charge is 0.466 e. The first-order chi connectivity index (χ1) is 11.2. The van der Waals surface area contributed by atoms with Gasteiger partial charge in [-0.2, -0.15) is 0 Å². The van der Waals surface area contributed by atoms with E-state index in [-0.39, 0.29) is 35.9 Å². The normalized spacial score (nSPS) is 25.3. The van der Waals surface area contributed by atoms with Crippen LogP contribution in [0.15, 0.2) is 4.99 Å². The molecule has 1 N–H and O–H groups in total. The zero-order chi connectivity index (χ0) is 16.7. The number of nitrogens with zero attached hydrogens (tertiary/aromatic N) is 3. The topological polar surface area (TPSA) is 57.2 Å². The molecule has 0 aromatic carbocycles. The molecule has 0 aromatic rings. The Hall–Kier alpha value is -0.570. The number of guanidine groups is 1. The smallest absolute Gasteiger partial charge is 0.310 e. The number of esters is 1. The Kier molecular flexibility index (Phi) is 9.95. The average molecular weight is 452 g/mol. The van der Waals surface area contributed by atoms with Gasteiger partial charge in [0.05, 0.1) is 12.5 Å². The summed E-state index contributed by atoms with van der Waals surface area (Å²) in [6.07, 6.45) is 3.18. The number of carbonyl (C=O) groups excluding carboxylic acids is 1. The number of nitrogens with one attached hydrogen (secondary N) is 1. The van der Waals surface area contributed by atoms with Crippen LogP contribution in [-0.4, -0.2) is 74.7 Å². The predicted octanol–water partition coefficient (Wildman–Crippen LogP) is 1.80. The summed E-state index contributed by atoms with van der Waals surface area (Å²) >= 11 is 0. The van der Waals surface area contributed by atoms with Crippen molar-refractivity contribution in [3.8, 4) is 0 Å². The Balaban J connectivity index is 0.00000288. The van der Waals surface area contributed by atoms with Gasteiger partial charge in [-0.15, -0.1) is 24.0 Å². The van der Waals surface area contributed by atoms with Crippen molar-refractivity contribution in [1.29, 1.82) is 0 Å². The molecule has 2 heterocycles. The summed E-state index contributed by atoms with van der Waals surface area (Å²) in [5.41, 5.74) is 0. The van der Waals surface area contributed by atoms with E-state index in [1.54, 1.807) is 0 Å². The number of piperidine rings is 1. The van der Waals surface area contributed by atoms with Crippen molar-refractivity contribution in [2.45, 2.75) is 33.1 Å². The minimum absolute atomic E-state index is 0. The number of rotatable bonds is 5. The molecule has 0 bridgehead atoms. The average Bonchev–Trinajstić information content (AvgIpc) is 3.04. The van der Waals surface area contributed by atoms with Gasteiger partial charge in [-0.25, -0.2) is 0 Å².